The first-order valence-electron chi connectivity index (χ1n) is 7.15. The van der Waals surface area contributed by atoms with Crippen molar-refractivity contribution in [1.29, 1.82) is 0 Å². The third-order valence-corrected chi connectivity index (χ3v) is 3.04. The van der Waals surface area contributed by atoms with Gasteiger partial charge in [-0.2, -0.15) is 0 Å². The van der Waals surface area contributed by atoms with E-state index in [1.807, 2.05) is 69.3 Å². The van der Waals surface area contributed by atoms with Crippen LogP contribution in [-0.2, 0) is 6.54 Å². The minimum Gasteiger partial charge on any atom is -0.491 e. The Labute approximate surface area is 126 Å². The lowest BCUT2D eigenvalue weighted by Gasteiger charge is -2.11. The molecule has 1 N–H and O–H groups in total. The molecule has 21 heavy (non-hydrogen) atoms. The van der Waals surface area contributed by atoms with Gasteiger partial charge in [-0.25, -0.2) is 0 Å². The summed E-state index contributed by atoms with van der Waals surface area (Å²) >= 11 is 0. The minimum atomic E-state index is -0.0646. The third kappa shape index (κ3) is 4.63. The monoisotopic (exact) mass is 283 g/mol. The molecule has 2 aromatic rings. The van der Waals surface area contributed by atoms with Crippen molar-refractivity contribution < 1.29 is 9.53 Å². The predicted octanol–water partition coefficient (Wildman–Crippen LogP) is 3.71. The van der Waals surface area contributed by atoms with E-state index in [9.17, 15) is 4.79 Å². The van der Waals surface area contributed by atoms with Crippen LogP contribution in [0.5, 0.6) is 5.75 Å². The van der Waals surface area contributed by atoms with Crippen LogP contribution in [0.15, 0.2) is 48.5 Å². The lowest BCUT2D eigenvalue weighted by Crippen LogP contribution is -2.22. The van der Waals surface area contributed by atoms with E-state index in [4.69, 9.17) is 4.74 Å². The molecular formula is C18H21NO2. The predicted molar refractivity (Wildman–Crippen MR) is 84.6 cm³/mol. The van der Waals surface area contributed by atoms with E-state index in [2.05, 4.69) is 5.32 Å². The van der Waals surface area contributed by atoms with Gasteiger partial charge in [-0.1, -0.05) is 29.8 Å². The molecule has 0 saturated carbocycles. The molecule has 110 valence electrons. The number of aryl methyl sites for hydroxylation is 1. The SMILES string of the molecule is Cc1ccc(C(=O)NCc2cccc(OC(C)C)c2)cc1. The molecule has 0 spiro atoms. The second-order valence-corrected chi connectivity index (χ2v) is 5.36. The highest BCUT2D eigenvalue weighted by atomic mass is 16.5. The molecule has 0 aliphatic rings. The number of hydrogen-bond donors (Lipinski definition) is 1. The summed E-state index contributed by atoms with van der Waals surface area (Å²) in [5.74, 6) is 0.761. The molecule has 2 aromatic carbocycles. The minimum absolute atomic E-state index is 0.0646. The Morgan fingerprint density at radius 3 is 2.52 bits per heavy atom. The highest BCUT2D eigenvalue weighted by Crippen LogP contribution is 2.15. The van der Waals surface area contributed by atoms with Crippen LogP contribution in [0.3, 0.4) is 0 Å². The van der Waals surface area contributed by atoms with Crippen LogP contribution in [0.2, 0.25) is 0 Å². The Kier molecular flexibility index (Phi) is 4.99. The molecule has 0 fully saturated rings. The van der Waals surface area contributed by atoms with Gasteiger partial charge in [0.1, 0.15) is 5.75 Å². The standard InChI is InChI=1S/C18H21NO2/c1-13(2)21-17-6-4-5-15(11-17)12-19-18(20)16-9-7-14(3)8-10-16/h4-11,13H,12H2,1-3H3,(H,19,20). The van der Waals surface area contributed by atoms with Crippen LogP contribution in [0.4, 0.5) is 0 Å². The lowest BCUT2D eigenvalue weighted by atomic mass is 10.1. The van der Waals surface area contributed by atoms with Crippen molar-refractivity contribution in [2.45, 2.75) is 33.4 Å². The summed E-state index contributed by atoms with van der Waals surface area (Å²) in [6.07, 6.45) is 0.141. The van der Waals surface area contributed by atoms with E-state index in [0.717, 1.165) is 16.9 Å². The topological polar surface area (TPSA) is 38.3 Å². The Balaban J connectivity index is 1.96. The van der Waals surface area contributed by atoms with Crippen LogP contribution in [0.1, 0.15) is 35.3 Å². The fraction of sp³-hybridized carbons (Fsp3) is 0.278. The number of ether oxygens (including phenoxy) is 1. The number of carbonyl (C=O) groups excluding carboxylic acids is 1. The molecule has 0 radical (unpaired) electrons. The van der Waals surface area contributed by atoms with E-state index in [-0.39, 0.29) is 12.0 Å². The molecule has 0 bridgehead atoms. The smallest absolute Gasteiger partial charge is 0.251 e. The first-order valence-corrected chi connectivity index (χ1v) is 7.15. The van der Waals surface area contributed by atoms with Crippen LogP contribution >= 0.6 is 0 Å². The van der Waals surface area contributed by atoms with E-state index >= 15 is 0 Å². The van der Waals surface area contributed by atoms with E-state index in [0.29, 0.717) is 12.1 Å². The molecule has 0 aromatic heterocycles. The van der Waals surface area contributed by atoms with Crippen molar-refractivity contribution in [3.8, 4) is 5.75 Å². The van der Waals surface area contributed by atoms with Gasteiger partial charge < -0.3 is 10.1 Å². The van der Waals surface area contributed by atoms with Crippen molar-refractivity contribution in [3.05, 3.63) is 65.2 Å². The van der Waals surface area contributed by atoms with Crippen molar-refractivity contribution in [2.24, 2.45) is 0 Å². The van der Waals surface area contributed by atoms with Gasteiger partial charge in [0.2, 0.25) is 0 Å². The van der Waals surface area contributed by atoms with Gasteiger partial charge in [0.25, 0.3) is 5.91 Å². The summed E-state index contributed by atoms with van der Waals surface area (Å²) in [7, 11) is 0. The lowest BCUT2D eigenvalue weighted by molar-refractivity contribution is 0.0951. The number of rotatable bonds is 5. The van der Waals surface area contributed by atoms with Crippen molar-refractivity contribution in [3.63, 3.8) is 0 Å². The maximum absolute atomic E-state index is 12.0. The highest BCUT2D eigenvalue weighted by Gasteiger charge is 2.05. The summed E-state index contributed by atoms with van der Waals surface area (Å²) in [6.45, 7) is 6.47. The fourth-order valence-corrected chi connectivity index (χ4v) is 1.99. The molecule has 0 aliphatic carbocycles. The summed E-state index contributed by atoms with van der Waals surface area (Å²) in [4.78, 5) is 12.0. The maximum atomic E-state index is 12.0. The Morgan fingerprint density at radius 2 is 1.86 bits per heavy atom. The molecule has 0 saturated heterocycles. The van der Waals surface area contributed by atoms with Crippen LogP contribution in [-0.4, -0.2) is 12.0 Å². The highest BCUT2D eigenvalue weighted by molar-refractivity contribution is 5.94. The zero-order valence-corrected chi connectivity index (χ0v) is 12.7. The summed E-state index contributed by atoms with van der Waals surface area (Å²) in [6, 6.07) is 15.3. The zero-order valence-electron chi connectivity index (χ0n) is 12.7. The number of amides is 1. The number of benzene rings is 2. The molecule has 2 rings (SSSR count). The molecular weight excluding hydrogens is 262 g/mol. The fourth-order valence-electron chi connectivity index (χ4n) is 1.99. The molecule has 3 heteroatoms. The van der Waals surface area contributed by atoms with Crippen molar-refractivity contribution >= 4 is 5.91 Å². The van der Waals surface area contributed by atoms with E-state index in [1.54, 1.807) is 0 Å². The van der Waals surface area contributed by atoms with Crippen molar-refractivity contribution in [2.75, 3.05) is 0 Å². The second-order valence-electron chi connectivity index (χ2n) is 5.36. The molecule has 1 amide bonds. The van der Waals surface area contributed by atoms with E-state index in [1.165, 1.54) is 0 Å². The Bertz CT molecular complexity index is 603. The average molecular weight is 283 g/mol. The maximum Gasteiger partial charge on any atom is 0.251 e. The number of carbonyl (C=O) groups is 1. The van der Waals surface area contributed by atoms with Gasteiger partial charge in [-0.15, -0.1) is 0 Å². The number of nitrogens with one attached hydrogen (secondary N) is 1. The van der Waals surface area contributed by atoms with Gasteiger partial charge in [0.05, 0.1) is 6.10 Å². The van der Waals surface area contributed by atoms with Gasteiger partial charge in [0.15, 0.2) is 0 Å². The molecule has 0 heterocycles. The largest absolute Gasteiger partial charge is 0.491 e. The van der Waals surface area contributed by atoms with E-state index < -0.39 is 0 Å². The second kappa shape index (κ2) is 6.93. The van der Waals surface area contributed by atoms with Gasteiger partial charge in [0, 0.05) is 12.1 Å². The quantitative estimate of drug-likeness (QED) is 0.908. The molecule has 0 aliphatic heterocycles. The van der Waals surface area contributed by atoms with Crippen LogP contribution in [0.25, 0.3) is 0 Å². The average Bonchev–Trinajstić information content (AvgIpc) is 2.45. The Hall–Kier alpha value is -2.29. The van der Waals surface area contributed by atoms with Gasteiger partial charge in [-0.05, 0) is 50.6 Å². The number of hydrogen-bond acceptors (Lipinski definition) is 2. The molecule has 0 unspecified atom stereocenters. The summed E-state index contributed by atoms with van der Waals surface area (Å²) < 4.78 is 5.65. The molecule has 0 atom stereocenters. The van der Waals surface area contributed by atoms with Crippen LogP contribution in [0, 0.1) is 6.92 Å². The van der Waals surface area contributed by atoms with Crippen molar-refractivity contribution in [1.82, 2.24) is 5.32 Å². The van der Waals surface area contributed by atoms with Crippen LogP contribution < -0.4 is 10.1 Å². The van der Waals surface area contributed by atoms with Gasteiger partial charge >= 0.3 is 0 Å². The first kappa shape index (κ1) is 15.1. The Morgan fingerprint density at radius 1 is 1.14 bits per heavy atom. The summed E-state index contributed by atoms with van der Waals surface area (Å²) in [5.41, 5.74) is 2.84. The zero-order chi connectivity index (χ0) is 15.2. The summed E-state index contributed by atoms with van der Waals surface area (Å²) in [5, 5.41) is 2.92. The normalized spacial score (nSPS) is 10.5. The third-order valence-electron chi connectivity index (χ3n) is 3.04. The first-order chi connectivity index (χ1) is 10.0. The molecule has 3 nitrogen and oxygen atoms in total. The van der Waals surface area contributed by atoms with Gasteiger partial charge in [-0.3, -0.25) is 4.79 Å².